The van der Waals surface area contributed by atoms with Crippen molar-refractivity contribution in [1.82, 2.24) is 15.5 Å². The van der Waals surface area contributed by atoms with Crippen molar-refractivity contribution in [2.24, 2.45) is 0 Å². The van der Waals surface area contributed by atoms with Crippen LogP contribution >= 0.6 is 0 Å². The molecule has 1 atom stereocenters. The van der Waals surface area contributed by atoms with Crippen molar-refractivity contribution < 1.29 is 18.4 Å². The van der Waals surface area contributed by atoms with E-state index in [1.54, 1.807) is 24.1 Å². The molecule has 0 spiro atoms. The Morgan fingerprint density at radius 2 is 1.86 bits per heavy atom. The summed E-state index contributed by atoms with van der Waals surface area (Å²) in [5.41, 5.74) is 4.34. The summed E-state index contributed by atoms with van der Waals surface area (Å²) in [7, 11) is 1.59. The lowest BCUT2D eigenvalue weighted by atomic mass is 9.94. The van der Waals surface area contributed by atoms with Crippen LogP contribution < -0.4 is 15.0 Å². The summed E-state index contributed by atoms with van der Waals surface area (Å²) in [6.07, 6.45) is 0.892. The molecule has 2 amide bonds. The molecule has 0 bridgehead atoms. The van der Waals surface area contributed by atoms with Gasteiger partial charge in [0.05, 0.1) is 24.4 Å². The SMILES string of the molecule is CCc1ccc(N2C(=O)NC(c3cccc(F)c3)C(c3nc(-c4cccc(OC)c4)no3)=C2C)cc1. The molecule has 8 heteroatoms. The third kappa shape index (κ3) is 4.33. The number of allylic oxidation sites excluding steroid dienone is 1. The van der Waals surface area contributed by atoms with Crippen LogP contribution in [0.5, 0.6) is 5.75 Å². The quantitative estimate of drug-likeness (QED) is 0.355. The molecule has 0 fully saturated rings. The van der Waals surface area contributed by atoms with Crippen LogP contribution in [0.4, 0.5) is 14.9 Å². The zero-order chi connectivity index (χ0) is 25.2. The number of halogens is 1. The van der Waals surface area contributed by atoms with E-state index in [1.165, 1.54) is 12.1 Å². The first-order valence-electron chi connectivity index (χ1n) is 11.6. The minimum Gasteiger partial charge on any atom is -0.497 e. The Bertz CT molecular complexity index is 1450. The monoisotopic (exact) mass is 484 g/mol. The number of amides is 2. The molecule has 4 aromatic rings. The summed E-state index contributed by atoms with van der Waals surface area (Å²) < 4.78 is 25.2. The van der Waals surface area contributed by atoms with E-state index in [4.69, 9.17) is 9.26 Å². The number of hydrogen-bond donors (Lipinski definition) is 1. The lowest BCUT2D eigenvalue weighted by Gasteiger charge is -2.35. The van der Waals surface area contributed by atoms with Gasteiger partial charge < -0.3 is 14.6 Å². The minimum atomic E-state index is -0.682. The highest BCUT2D eigenvalue weighted by Gasteiger charge is 2.36. The van der Waals surface area contributed by atoms with E-state index in [1.807, 2.05) is 55.5 Å². The standard InChI is InChI=1S/C28H25FN4O3/c1-4-18-11-13-22(14-12-18)33-17(2)24(25(30-28(33)34)19-7-5-9-21(29)15-19)27-31-26(32-36-27)20-8-6-10-23(16-20)35-3/h5-16,25H,4H2,1-3H3,(H,30,34). The second-order valence-corrected chi connectivity index (χ2v) is 8.45. The minimum absolute atomic E-state index is 0.231. The number of aromatic nitrogens is 2. The maximum atomic E-state index is 14.2. The van der Waals surface area contributed by atoms with Gasteiger partial charge in [-0.15, -0.1) is 0 Å². The highest BCUT2D eigenvalue weighted by atomic mass is 19.1. The number of urea groups is 1. The number of aryl methyl sites for hydroxylation is 1. The van der Waals surface area contributed by atoms with Crippen molar-refractivity contribution in [3.8, 4) is 17.1 Å². The third-order valence-corrected chi connectivity index (χ3v) is 6.25. The number of ether oxygens (including phenoxy) is 1. The van der Waals surface area contributed by atoms with Crippen molar-refractivity contribution in [2.75, 3.05) is 12.0 Å². The molecular formula is C28H25FN4O3. The number of anilines is 1. The first kappa shape index (κ1) is 23.3. The van der Waals surface area contributed by atoms with Crippen molar-refractivity contribution in [2.45, 2.75) is 26.3 Å². The molecule has 36 heavy (non-hydrogen) atoms. The fourth-order valence-corrected chi connectivity index (χ4v) is 4.36. The number of nitrogens with zero attached hydrogens (tertiary/aromatic N) is 3. The van der Waals surface area contributed by atoms with Gasteiger partial charge in [-0.2, -0.15) is 4.98 Å². The van der Waals surface area contributed by atoms with Crippen LogP contribution in [-0.4, -0.2) is 23.3 Å². The molecule has 1 aliphatic heterocycles. The molecule has 2 heterocycles. The zero-order valence-electron chi connectivity index (χ0n) is 20.2. The van der Waals surface area contributed by atoms with Gasteiger partial charge >= 0.3 is 6.03 Å². The number of hydrogen-bond acceptors (Lipinski definition) is 5. The van der Waals surface area contributed by atoms with Gasteiger partial charge in [-0.3, -0.25) is 4.90 Å². The van der Waals surface area contributed by atoms with Crippen molar-refractivity contribution in [3.63, 3.8) is 0 Å². The number of rotatable bonds is 6. The van der Waals surface area contributed by atoms with Crippen LogP contribution in [0.1, 0.15) is 36.9 Å². The van der Waals surface area contributed by atoms with Crippen molar-refractivity contribution >= 4 is 17.3 Å². The zero-order valence-corrected chi connectivity index (χ0v) is 20.2. The maximum absolute atomic E-state index is 14.2. The van der Waals surface area contributed by atoms with E-state index < -0.39 is 11.9 Å². The van der Waals surface area contributed by atoms with Crippen LogP contribution in [0.25, 0.3) is 17.0 Å². The fourth-order valence-electron chi connectivity index (χ4n) is 4.36. The molecule has 0 aliphatic carbocycles. The van der Waals surface area contributed by atoms with Gasteiger partial charge in [0.2, 0.25) is 5.82 Å². The summed E-state index contributed by atoms with van der Waals surface area (Å²) in [5.74, 6) is 0.866. The molecule has 0 saturated carbocycles. The van der Waals surface area contributed by atoms with Gasteiger partial charge in [-0.1, -0.05) is 48.5 Å². The second kappa shape index (κ2) is 9.65. The normalized spacial score (nSPS) is 15.7. The largest absolute Gasteiger partial charge is 0.497 e. The molecule has 7 nitrogen and oxygen atoms in total. The van der Waals surface area contributed by atoms with Gasteiger partial charge in [0.1, 0.15) is 11.6 Å². The summed E-state index contributed by atoms with van der Waals surface area (Å²) in [5, 5.41) is 7.17. The van der Waals surface area contributed by atoms with E-state index in [9.17, 15) is 9.18 Å². The average molecular weight is 485 g/mol. The predicted molar refractivity (Wildman–Crippen MR) is 135 cm³/mol. The highest BCUT2D eigenvalue weighted by molar-refractivity contribution is 6.01. The van der Waals surface area contributed by atoms with Crippen LogP contribution in [0.3, 0.4) is 0 Å². The van der Waals surface area contributed by atoms with Gasteiger partial charge in [0, 0.05) is 11.3 Å². The number of nitrogens with one attached hydrogen (secondary N) is 1. The number of carbonyl (C=O) groups excluding carboxylic acids is 1. The Hall–Kier alpha value is -4.46. The van der Waals surface area contributed by atoms with Crippen LogP contribution in [0.2, 0.25) is 0 Å². The number of carbonyl (C=O) groups is 1. The Balaban J connectivity index is 1.64. The topological polar surface area (TPSA) is 80.5 Å². The molecule has 1 aromatic heterocycles. The molecule has 0 saturated heterocycles. The predicted octanol–water partition coefficient (Wildman–Crippen LogP) is 6.15. The van der Waals surface area contributed by atoms with E-state index in [-0.39, 0.29) is 11.9 Å². The first-order chi connectivity index (χ1) is 17.5. The summed E-state index contributed by atoms with van der Waals surface area (Å²) >= 11 is 0. The molecule has 1 unspecified atom stereocenters. The molecular weight excluding hydrogens is 459 g/mol. The molecule has 1 aliphatic rings. The Morgan fingerprint density at radius 1 is 1.08 bits per heavy atom. The average Bonchev–Trinajstić information content (AvgIpc) is 3.38. The molecule has 182 valence electrons. The maximum Gasteiger partial charge on any atom is 0.326 e. The van der Waals surface area contributed by atoms with E-state index >= 15 is 0 Å². The molecule has 3 aromatic carbocycles. The Kier molecular flexibility index (Phi) is 6.25. The first-order valence-corrected chi connectivity index (χ1v) is 11.6. The van der Waals surface area contributed by atoms with Crippen LogP contribution in [0.15, 0.2) is 83.0 Å². The lowest BCUT2D eigenvalue weighted by molar-refractivity contribution is 0.244. The lowest BCUT2D eigenvalue weighted by Crippen LogP contribution is -2.46. The summed E-state index contributed by atoms with van der Waals surface area (Å²) in [6, 6.07) is 20.2. The third-order valence-electron chi connectivity index (χ3n) is 6.25. The second-order valence-electron chi connectivity index (χ2n) is 8.45. The van der Waals surface area contributed by atoms with Gasteiger partial charge in [0.25, 0.3) is 5.89 Å². The molecule has 5 rings (SSSR count). The number of methoxy groups -OCH3 is 1. The fraction of sp³-hybridized carbons (Fsp3) is 0.179. The van der Waals surface area contributed by atoms with Gasteiger partial charge in [-0.05, 0) is 60.9 Å². The molecule has 1 N–H and O–H groups in total. The number of benzene rings is 3. The Morgan fingerprint density at radius 3 is 2.58 bits per heavy atom. The Labute approximate surface area is 208 Å². The van der Waals surface area contributed by atoms with E-state index in [0.717, 1.165) is 17.5 Å². The van der Waals surface area contributed by atoms with Gasteiger partial charge in [-0.25, -0.2) is 9.18 Å². The van der Waals surface area contributed by atoms with Gasteiger partial charge in [0.15, 0.2) is 0 Å². The van der Waals surface area contributed by atoms with Crippen molar-refractivity contribution in [1.29, 1.82) is 0 Å². The smallest absolute Gasteiger partial charge is 0.326 e. The van der Waals surface area contributed by atoms with Crippen LogP contribution in [-0.2, 0) is 6.42 Å². The summed E-state index contributed by atoms with van der Waals surface area (Å²) in [4.78, 5) is 19.5. The van der Waals surface area contributed by atoms with Crippen LogP contribution in [0, 0.1) is 5.82 Å². The van der Waals surface area contributed by atoms with Crippen molar-refractivity contribution in [3.05, 3.63) is 101 Å². The highest BCUT2D eigenvalue weighted by Crippen LogP contribution is 2.39. The molecule has 0 radical (unpaired) electrons. The van der Waals surface area contributed by atoms with E-state index in [2.05, 4.69) is 22.4 Å². The summed E-state index contributed by atoms with van der Waals surface area (Å²) in [6.45, 7) is 3.90. The van der Waals surface area contributed by atoms with E-state index in [0.29, 0.717) is 34.1 Å².